The van der Waals surface area contributed by atoms with Crippen molar-refractivity contribution < 1.29 is 17.9 Å². The Hall–Kier alpha value is -2.96. The van der Waals surface area contributed by atoms with Gasteiger partial charge >= 0.3 is 0 Å². The number of hydrogen-bond acceptors (Lipinski definition) is 9. The van der Waals surface area contributed by atoms with Gasteiger partial charge in [0.2, 0.25) is 5.13 Å². The van der Waals surface area contributed by atoms with Gasteiger partial charge in [0.05, 0.1) is 15.1 Å². The molecule has 0 unspecified atom stereocenters. The summed E-state index contributed by atoms with van der Waals surface area (Å²) in [6.45, 7) is 5.77. The molecule has 32 heavy (non-hydrogen) atoms. The Morgan fingerprint density at radius 2 is 2.06 bits per heavy atom. The number of benzene rings is 2. The van der Waals surface area contributed by atoms with E-state index in [-0.39, 0.29) is 21.4 Å². The highest BCUT2D eigenvalue weighted by atomic mass is 32.2. The number of nitro benzene ring substituents is 1. The normalized spacial score (nSPS) is 14.4. The van der Waals surface area contributed by atoms with Gasteiger partial charge in [0.15, 0.2) is 0 Å². The van der Waals surface area contributed by atoms with Crippen LogP contribution in [0, 0.1) is 16.0 Å². The Balaban J connectivity index is 1.74. The lowest BCUT2D eigenvalue weighted by molar-refractivity contribution is -0.384. The third-order valence-electron chi connectivity index (χ3n) is 5.05. The number of anilines is 1. The van der Waals surface area contributed by atoms with Crippen molar-refractivity contribution in [3.63, 3.8) is 0 Å². The van der Waals surface area contributed by atoms with Crippen LogP contribution in [0.5, 0.6) is 0 Å². The van der Waals surface area contributed by atoms with Crippen molar-refractivity contribution in [2.24, 2.45) is 16.1 Å². The number of nitro groups is 1. The van der Waals surface area contributed by atoms with E-state index in [4.69, 9.17) is 0 Å². The Morgan fingerprint density at radius 1 is 1.28 bits per heavy atom. The van der Waals surface area contributed by atoms with Gasteiger partial charge in [0, 0.05) is 30.9 Å². The molecule has 0 spiro atoms. The average Bonchev–Trinajstić information content (AvgIpc) is 3.12. The minimum absolute atomic E-state index is 0.0304. The number of fused-ring (bicyclic) bond motifs is 2. The molecule has 1 aliphatic heterocycles. The van der Waals surface area contributed by atoms with E-state index in [0.29, 0.717) is 16.1 Å². The first kappa shape index (κ1) is 22.2. The summed E-state index contributed by atoms with van der Waals surface area (Å²) in [6.07, 6.45) is 1.70. The van der Waals surface area contributed by atoms with Crippen LogP contribution in [-0.4, -0.2) is 36.0 Å². The molecule has 0 saturated heterocycles. The predicted molar refractivity (Wildman–Crippen MR) is 122 cm³/mol. The fourth-order valence-electron chi connectivity index (χ4n) is 3.75. The van der Waals surface area contributed by atoms with Gasteiger partial charge in [0.25, 0.3) is 15.8 Å². The molecule has 3 aromatic rings. The minimum Gasteiger partial charge on any atom is -0.371 e. The van der Waals surface area contributed by atoms with Crippen molar-refractivity contribution >= 4 is 53.9 Å². The van der Waals surface area contributed by atoms with Gasteiger partial charge in [0.1, 0.15) is 10.6 Å². The zero-order valence-corrected chi connectivity index (χ0v) is 19.1. The number of aryl methyl sites for hydroxylation is 1. The maximum Gasteiger partial charge on any atom is 0.296 e. The molecular formula is C20H21N5O5S2. The zero-order chi connectivity index (χ0) is 23.0. The summed E-state index contributed by atoms with van der Waals surface area (Å²) in [7, 11) is -4.54. The largest absolute Gasteiger partial charge is 0.371 e. The molecule has 2 aromatic carbocycles. The fourth-order valence-corrected chi connectivity index (χ4v) is 5.19. The van der Waals surface area contributed by atoms with E-state index in [1.807, 2.05) is 0 Å². The number of nitrogens with zero attached hydrogens (tertiary/aromatic N) is 5. The van der Waals surface area contributed by atoms with Crippen molar-refractivity contribution in [2.75, 3.05) is 18.0 Å². The van der Waals surface area contributed by atoms with E-state index in [2.05, 4.69) is 34.0 Å². The van der Waals surface area contributed by atoms with Gasteiger partial charge in [-0.1, -0.05) is 25.2 Å². The first-order valence-corrected chi connectivity index (χ1v) is 12.2. The standard InChI is InChI=1S/C20H21N5O5S2/c1-12(2)11-24-7-3-4-13-8-16(19(10-17(13)24)32(28,29)30)22-23-20-21-15-6-5-14(25(26)27)9-18(15)31-20/h5-6,8-10,12H,3-4,7,11H2,1-2H3,(H,28,29,30). The molecule has 0 atom stereocenters. The van der Waals surface area contributed by atoms with Crippen molar-refractivity contribution in [3.05, 3.63) is 46.0 Å². The third kappa shape index (κ3) is 4.61. The van der Waals surface area contributed by atoms with Crippen LogP contribution in [-0.2, 0) is 16.5 Å². The summed E-state index contributed by atoms with van der Waals surface area (Å²) in [5.41, 5.74) is 2.23. The lowest BCUT2D eigenvalue weighted by atomic mass is 10.00. The predicted octanol–water partition coefficient (Wildman–Crippen LogP) is 5.28. The molecule has 0 amide bonds. The Morgan fingerprint density at radius 3 is 2.75 bits per heavy atom. The summed E-state index contributed by atoms with van der Waals surface area (Å²) in [4.78, 5) is 16.5. The fraction of sp³-hybridized carbons (Fsp3) is 0.350. The van der Waals surface area contributed by atoms with E-state index >= 15 is 0 Å². The van der Waals surface area contributed by atoms with Gasteiger partial charge < -0.3 is 4.90 Å². The van der Waals surface area contributed by atoms with E-state index < -0.39 is 15.0 Å². The van der Waals surface area contributed by atoms with Crippen molar-refractivity contribution in [3.8, 4) is 0 Å². The minimum atomic E-state index is -4.54. The Kier molecular flexibility index (Phi) is 5.93. The molecule has 1 N–H and O–H groups in total. The van der Waals surface area contributed by atoms with Crippen molar-refractivity contribution in [1.82, 2.24) is 4.98 Å². The summed E-state index contributed by atoms with van der Waals surface area (Å²) >= 11 is 1.10. The highest BCUT2D eigenvalue weighted by Crippen LogP contribution is 2.38. The molecule has 0 fully saturated rings. The van der Waals surface area contributed by atoms with Crippen LogP contribution in [0.3, 0.4) is 0 Å². The second-order valence-corrected chi connectivity index (χ2v) is 10.4. The summed E-state index contributed by atoms with van der Waals surface area (Å²) in [5, 5.41) is 19.3. The second-order valence-electron chi connectivity index (χ2n) is 7.97. The molecule has 168 valence electrons. The lowest BCUT2D eigenvalue weighted by Crippen LogP contribution is -2.32. The monoisotopic (exact) mass is 475 g/mol. The third-order valence-corrected chi connectivity index (χ3v) is 6.84. The topological polar surface area (TPSA) is 138 Å². The van der Waals surface area contributed by atoms with Crippen LogP contribution >= 0.6 is 11.3 Å². The summed E-state index contributed by atoms with van der Waals surface area (Å²) < 4.78 is 34.5. The number of rotatable bonds is 6. The summed E-state index contributed by atoms with van der Waals surface area (Å²) in [5.74, 6) is 0.393. The Labute approximate surface area is 188 Å². The SMILES string of the molecule is CC(C)CN1CCCc2cc(N=Nc3nc4ccc([N+](=O)[O-])cc4s3)c(S(=O)(=O)O)cc21. The zero-order valence-electron chi connectivity index (χ0n) is 17.4. The number of azo groups is 1. The van der Waals surface area contributed by atoms with E-state index in [1.54, 1.807) is 6.07 Å². The summed E-state index contributed by atoms with van der Waals surface area (Å²) in [6, 6.07) is 7.38. The molecule has 2 heterocycles. The van der Waals surface area contributed by atoms with E-state index in [1.165, 1.54) is 24.3 Å². The van der Waals surface area contributed by atoms with Gasteiger partial charge in [-0.25, -0.2) is 4.98 Å². The van der Waals surface area contributed by atoms with Crippen LogP contribution in [0.1, 0.15) is 25.8 Å². The van der Waals surface area contributed by atoms with Crippen molar-refractivity contribution in [1.29, 1.82) is 0 Å². The van der Waals surface area contributed by atoms with Crippen LogP contribution in [0.2, 0.25) is 0 Å². The van der Waals surface area contributed by atoms with Gasteiger partial charge in [-0.2, -0.15) is 8.42 Å². The first-order valence-electron chi connectivity index (χ1n) is 9.98. The second kappa shape index (κ2) is 8.52. The number of thiazole rings is 1. The number of aromatic nitrogens is 1. The maximum atomic E-state index is 12.1. The molecule has 0 bridgehead atoms. The molecule has 0 radical (unpaired) electrons. The molecule has 1 aromatic heterocycles. The van der Waals surface area contributed by atoms with Gasteiger partial charge in [-0.15, -0.1) is 10.2 Å². The highest BCUT2D eigenvalue weighted by Gasteiger charge is 2.24. The highest BCUT2D eigenvalue weighted by molar-refractivity contribution is 7.86. The molecule has 4 rings (SSSR count). The number of non-ortho nitro benzene ring substituents is 1. The van der Waals surface area contributed by atoms with Crippen LogP contribution in [0.25, 0.3) is 10.2 Å². The molecule has 0 saturated carbocycles. The molecular weight excluding hydrogens is 454 g/mol. The smallest absolute Gasteiger partial charge is 0.296 e. The van der Waals surface area contributed by atoms with E-state index in [9.17, 15) is 23.1 Å². The number of hydrogen-bond donors (Lipinski definition) is 1. The quantitative estimate of drug-likeness (QED) is 0.222. The lowest BCUT2D eigenvalue weighted by Gasteiger charge is -2.33. The van der Waals surface area contributed by atoms with Crippen LogP contribution < -0.4 is 4.90 Å². The van der Waals surface area contributed by atoms with Gasteiger partial charge in [-0.05, 0) is 42.5 Å². The van der Waals surface area contributed by atoms with Crippen LogP contribution in [0.15, 0.2) is 45.5 Å². The van der Waals surface area contributed by atoms with Crippen molar-refractivity contribution in [2.45, 2.75) is 31.6 Å². The van der Waals surface area contributed by atoms with Gasteiger partial charge in [-0.3, -0.25) is 14.7 Å². The average molecular weight is 476 g/mol. The Bertz CT molecular complexity index is 1330. The molecule has 1 aliphatic rings. The first-order chi connectivity index (χ1) is 15.1. The maximum absolute atomic E-state index is 12.1. The van der Waals surface area contributed by atoms with Crippen LogP contribution in [0.4, 0.5) is 22.2 Å². The molecule has 0 aliphatic carbocycles. The van der Waals surface area contributed by atoms with E-state index in [0.717, 1.165) is 48.5 Å². The molecule has 10 nitrogen and oxygen atoms in total. The molecule has 12 heteroatoms.